The molecular formula is C21H23ClN2O3. The van der Waals surface area contributed by atoms with Crippen LogP contribution in [-0.2, 0) is 4.74 Å². The van der Waals surface area contributed by atoms with Gasteiger partial charge >= 0.3 is 0 Å². The predicted molar refractivity (Wildman–Crippen MR) is 106 cm³/mol. The van der Waals surface area contributed by atoms with Crippen LogP contribution in [0.25, 0.3) is 0 Å². The van der Waals surface area contributed by atoms with Gasteiger partial charge in [0.1, 0.15) is 0 Å². The van der Waals surface area contributed by atoms with E-state index in [4.69, 9.17) is 22.1 Å². The van der Waals surface area contributed by atoms with Gasteiger partial charge < -0.3 is 15.4 Å². The molecule has 0 bridgehead atoms. The molecule has 1 fully saturated rings. The summed E-state index contributed by atoms with van der Waals surface area (Å²) < 4.78 is 5.60. The molecule has 1 unspecified atom stereocenters. The maximum absolute atomic E-state index is 13.0. The van der Waals surface area contributed by atoms with E-state index in [0.717, 1.165) is 25.0 Å². The lowest BCUT2D eigenvalue weighted by Gasteiger charge is -2.21. The average molecular weight is 387 g/mol. The lowest BCUT2D eigenvalue weighted by atomic mass is 9.96. The number of carbonyl (C=O) groups excluding carboxylic acids is 2. The Morgan fingerprint density at radius 1 is 1.22 bits per heavy atom. The molecule has 0 aliphatic carbocycles. The molecule has 0 spiro atoms. The summed E-state index contributed by atoms with van der Waals surface area (Å²) in [6.07, 6.45) is 2.07. The Labute approximate surface area is 164 Å². The molecule has 1 aliphatic heterocycles. The van der Waals surface area contributed by atoms with Crippen LogP contribution in [-0.4, -0.2) is 42.9 Å². The number of halogens is 1. The van der Waals surface area contributed by atoms with Crippen LogP contribution >= 0.6 is 11.6 Å². The van der Waals surface area contributed by atoms with E-state index in [2.05, 4.69) is 0 Å². The lowest BCUT2D eigenvalue weighted by molar-refractivity contribution is 0.0587. The number of likely N-dealkylation sites (N-methyl/N-ethyl adjacent to an activating group) is 1. The summed E-state index contributed by atoms with van der Waals surface area (Å²) in [7, 11) is 1.75. The largest absolute Gasteiger partial charge is 0.399 e. The number of hydrogen-bond acceptors (Lipinski definition) is 4. The molecule has 1 saturated heterocycles. The summed E-state index contributed by atoms with van der Waals surface area (Å²) in [4.78, 5) is 27.4. The monoisotopic (exact) mass is 386 g/mol. The zero-order chi connectivity index (χ0) is 19.6. The van der Waals surface area contributed by atoms with Gasteiger partial charge in [0.25, 0.3) is 5.91 Å². The van der Waals surface area contributed by atoms with Crippen molar-refractivity contribution in [1.82, 2.24) is 4.90 Å². The summed E-state index contributed by atoms with van der Waals surface area (Å²) in [5, 5.41) is 0.298. The van der Waals surface area contributed by atoms with Gasteiger partial charge in [-0.15, -0.1) is 0 Å². The van der Waals surface area contributed by atoms with Gasteiger partial charge in [0.2, 0.25) is 0 Å². The van der Waals surface area contributed by atoms with Crippen LogP contribution in [0.5, 0.6) is 0 Å². The molecule has 2 aromatic rings. The number of benzene rings is 2. The second-order valence-electron chi connectivity index (χ2n) is 6.92. The number of anilines is 1. The molecule has 6 heteroatoms. The van der Waals surface area contributed by atoms with Crippen molar-refractivity contribution in [3.8, 4) is 0 Å². The Morgan fingerprint density at radius 3 is 2.67 bits per heavy atom. The first-order valence-corrected chi connectivity index (χ1v) is 9.32. The number of nitrogens with zero attached hydrogens (tertiary/aromatic N) is 1. The summed E-state index contributed by atoms with van der Waals surface area (Å²) in [6.45, 7) is 3.13. The third-order valence-corrected chi connectivity index (χ3v) is 5.13. The number of rotatable bonds is 5. The van der Waals surface area contributed by atoms with E-state index >= 15 is 0 Å². The quantitative estimate of drug-likeness (QED) is 0.628. The number of nitrogen functional groups attached to an aromatic ring is 1. The van der Waals surface area contributed by atoms with Gasteiger partial charge in [-0.2, -0.15) is 0 Å². The average Bonchev–Trinajstić information content (AvgIpc) is 3.14. The van der Waals surface area contributed by atoms with E-state index in [-0.39, 0.29) is 17.8 Å². The van der Waals surface area contributed by atoms with Crippen LogP contribution in [0.3, 0.4) is 0 Å². The minimum absolute atomic E-state index is 0.0825. The third kappa shape index (κ3) is 4.31. The molecule has 27 heavy (non-hydrogen) atoms. The zero-order valence-electron chi connectivity index (χ0n) is 15.5. The van der Waals surface area contributed by atoms with E-state index in [9.17, 15) is 9.59 Å². The van der Waals surface area contributed by atoms with Crippen molar-refractivity contribution in [2.45, 2.75) is 25.9 Å². The molecule has 2 aromatic carbocycles. The van der Waals surface area contributed by atoms with Gasteiger partial charge in [-0.25, -0.2) is 0 Å². The van der Waals surface area contributed by atoms with Crippen molar-refractivity contribution in [3.63, 3.8) is 0 Å². The summed E-state index contributed by atoms with van der Waals surface area (Å²) >= 11 is 6.18. The number of carbonyl (C=O) groups is 2. The van der Waals surface area contributed by atoms with E-state index < -0.39 is 0 Å². The molecule has 1 atom stereocenters. The Bertz CT molecular complexity index is 876. The number of ketones is 1. The molecule has 142 valence electrons. The van der Waals surface area contributed by atoms with Crippen LogP contribution in [0.2, 0.25) is 5.02 Å². The fourth-order valence-electron chi connectivity index (χ4n) is 3.26. The third-order valence-electron chi connectivity index (χ3n) is 4.82. The van der Waals surface area contributed by atoms with Crippen molar-refractivity contribution < 1.29 is 14.3 Å². The minimum Gasteiger partial charge on any atom is -0.399 e. The number of nitrogens with two attached hydrogens (primary N) is 1. The topological polar surface area (TPSA) is 72.6 Å². The summed E-state index contributed by atoms with van der Waals surface area (Å²) in [5.74, 6) is -0.364. The lowest BCUT2D eigenvalue weighted by Crippen LogP contribution is -2.34. The first-order chi connectivity index (χ1) is 12.9. The number of ether oxygens (including phenoxy) is 1. The maximum atomic E-state index is 13.0. The molecular weight excluding hydrogens is 364 g/mol. The Hall–Kier alpha value is -2.37. The summed E-state index contributed by atoms with van der Waals surface area (Å²) in [6, 6.07) is 9.96. The highest BCUT2D eigenvalue weighted by Gasteiger charge is 2.22. The highest BCUT2D eigenvalue weighted by molar-refractivity contribution is 6.35. The van der Waals surface area contributed by atoms with Gasteiger partial charge in [-0.1, -0.05) is 17.7 Å². The van der Waals surface area contributed by atoms with Gasteiger partial charge in [0.15, 0.2) is 5.78 Å². The number of hydrogen-bond donors (Lipinski definition) is 1. The predicted octanol–water partition coefficient (Wildman–Crippen LogP) is 3.71. The Kier molecular flexibility index (Phi) is 5.82. The van der Waals surface area contributed by atoms with Crippen LogP contribution in [0.4, 0.5) is 5.69 Å². The Balaban J connectivity index is 1.85. The Morgan fingerprint density at radius 2 is 2.00 bits per heavy atom. The fourth-order valence-corrected chi connectivity index (χ4v) is 3.53. The second-order valence-corrected chi connectivity index (χ2v) is 7.33. The van der Waals surface area contributed by atoms with Crippen molar-refractivity contribution >= 4 is 29.0 Å². The van der Waals surface area contributed by atoms with Crippen molar-refractivity contribution in [3.05, 3.63) is 63.7 Å². The van der Waals surface area contributed by atoms with Gasteiger partial charge in [0, 0.05) is 42.6 Å². The van der Waals surface area contributed by atoms with Crippen molar-refractivity contribution in [1.29, 1.82) is 0 Å². The first kappa shape index (κ1) is 19.4. The maximum Gasteiger partial charge on any atom is 0.253 e. The molecule has 2 N–H and O–H groups in total. The molecule has 1 heterocycles. The SMILES string of the molecule is Cc1ccc(C(=O)N(C)CC2CCCO2)cc1C(=O)c1ccc(N)cc1Cl. The molecule has 0 radical (unpaired) electrons. The molecule has 0 saturated carbocycles. The van der Waals surface area contributed by atoms with Gasteiger partial charge in [-0.3, -0.25) is 9.59 Å². The number of aryl methyl sites for hydroxylation is 1. The highest BCUT2D eigenvalue weighted by atomic mass is 35.5. The molecule has 3 rings (SSSR count). The van der Waals surface area contributed by atoms with E-state index in [0.29, 0.717) is 33.9 Å². The molecule has 1 aliphatic rings. The van der Waals surface area contributed by atoms with Crippen molar-refractivity contribution in [2.24, 2.45) is 0 Å². The highest BCUT2D eigenvalue weighted by Crippen LogP contribution is 2.24. The van der Waals surface area contributed by atoms with Crippen molar-refractivity contribution in [2.75, 3.05) is 25.9 Å². The standard InChI is InChI=1S/C21H23ClN2O3/c1-13-5-6-14(21(26)24(2)12-16-4-3-9-27-16)10-18(13)20(25)17-8-7-15(23)11-19(17)22/h5-8,10-11,16H,3-4,9,12,23H2,1-2H3. The first-order valence-electron chi connectivity index (χ1n) is 8.94. The molecule has 1 amide bonds. The smallest absolute Gasteiger partial charge is 0.253 e. The van der Waals surface area contributed by atoms with E-state index in [1.165, 1.54) is 0 Å². The van der Waals surface area contributed by atoms with E-state index in [1.54, 1.807) is 48.3 Å². The van der Waals surface area contributed by atoms with Crippen LogP contribution < -0.4 is 5.73 Å². The fraction of sp³-hybridized carbons (Fsp3) is 0.333. The molecule has 5 nitrogen and oxygen atoms in total. The van der Waals surface area contributed by atoms with E-state index in [1.807, 2.05) is 6.92 Å². The van der Waals surface area contributed by atoms with Crippen LogP contribution in [0, 0.1) is 6.92 Å². The second kappa shape index (κ2) is 8.11. The van der Waals surface area contributed by atoms with Crippen LogP contribution in [0.1, 0.15) is 44.7 Å². The zero-order valence-corrected chi connectivity index (χ0v) is 16.3. The summed E-state index contributed by atoms with van der Waals surface area (Å²) in [5.41, 5.74) is 8.27. The van der Waals surface area contributed by atoms with Crippen LogP contribution in [0.15, 0.2) is 36.4 Å². The normalized spacial score (nSPS) is 16.3. The number of amides is 1. The van der Waals surface area contributed by atoms with Gasteiger partial charge in [0.05, 0.1) is 11.1 Å². The molecule has 0 aromatic heterocycles. The minimum atomic E-state index is -0.228. The van der Waals surface area contributed by atoms with Gasteiger partial charge in [-0.05, 0) is 55.7 Å².